The van der Waals surface area contributed by atoms with Crippen molar-refractivity contribution in [1.82, 2.24) is 10.3 Å². The lowest BCUT2D eigenvalue weighted by molar-refractivity contribution is 0.609. The second-order valence-corrected chi connectivity index (χ2v) is 4.97. The van der Waals surface area contributed by atoms with Gasteiger partial charge in [0.2, 0.25) is 0 Å². The summed E-state index contributed by atoms with van der Waals surface area (Å²) >= 11 is 0. The van der Waals surface area contributed by atoms with Crippen LogP contribution in [0.1, 0.15) is 35.8 Å². The van der Waals surface area contributed by atoms with Crippen LogP contribution in [0, 0.1) is 5.82 Å². The Morgan fingerprint density at radius 3 is 2.84 bits per heavy atom. The predicted molar refractivity (Wildman–Crippen MR) is 73.4 cm³/mol. The Morgan fingerprint density at radius 1 is 1.16 bits per heavy atom. The molecule has 1 aromatic carbocycles. The van der Waals surface area contributed by atoms with E-state index in [0.717, 1.165) is 24.4 Å². The van der Waals surface area contributed by atoms with Gasteiger partial charge >= 0.3 is 0 Å². The molecule has 1 atom stereocenters. The van der Waals surface area contributed by atoms with Gasteiger partial charge in [0, 0.05) is 18.2 Å². The molecule has 0 aliphatic carbocycles. The van der Waals surface area contributed by atoms with E-state index in [1.807, 2.05) is 30.3 Å². The standard InChI is InChI=1S/C16H17FN2/c17-14-7-2-1-5-12(14)11-13-6-3-8-16(19-13)15-9-4-10-18-15/h1-3,5-8,15,18H,4,9-11H2/t15-/m1/s1. The van der Waals surface area contributed by atoms with Gasteiger partial charge in [0.05, 0.1) is 5.69 Å². The molecule has 3 heteroatoms. The minimum absolute atomic E-state index is 0.159. The SMILES string of the molecule is Fc1ccccc1Cc1cccc([C@H]2CCCN2)n1. The van der Waals surface area contributed by atoms with Gasteiger partial charge in [-0.3, -0.25) is 4.98 Å². The molecule has 1 saturated heterocycles. The van der Waals surface area contributed by atoms with Crippen LogP contribution in [0.2, 0.25) is 0 Å². The van der Waals surface area contributed by atoms with E-state index in [1.54, 1.807) is 6.07 Å². The van der Waals surface area contributed by atoms with Gasteiger partial charge in [0.15, 0.2) is 0 Å². The van der Waals surface area contributed by atoms with Crippen LogP contribution < -0.4 is 5.32 Å². The maximum absolute atomic E-state index is 13.6. The van der Waals surface area contributed by atoms with Crippen LogP contribution in [-0.2, 0) is 6.42 Å². The first kappa shape index (κ1) is 12.3. The first-order valence-electron chi connectivity index (χ1n) is 6.75. The van der Waals surface area contributed by atoms with Gasteiger partial charge in [-0.15, -0.1) is 0 Å². The van der Waals surface area contributed by atoms with E-state index in [1.165, 1.54) is 12.5 Å². The van der Waals surface area contributed by atoms with E-state index >= 15 is 0 Å². The zero-order valence-electron chi connectivity index (χ0n) is 10.8. The lowest BCUT2D eigenvalue weighted by Crippen LogP contribution is -2.14. The molecule has 0 amide bonds. The van der Waals surface area contributed by atoms with E-state index in [4.69, 9.17) is 0 Å². The average molecular weight is 256 g/mol. The third kappa shape index (κ3) is 2.82. The van der Waals surface area contributed by atoms with Crippen molar-refractivity contribution in [3.8, 4) is 0 Å². The van der Waals surface area contributed by atoms with Crippen LogP contribution in [0.5, 0.6) is 0 Å². The summed E-state index contributed by atoms with van der Waals surface area (Å²) in [6.45, 7) is 1.06. The Morgan fingerprint density at radius 2 is 2.05 bits per heavy atom. The van der Waals surface area contributed by atoms with Crippen LogP contribution in [0.15, 0.2) is 42.5 Å². The van der Waals surface area contributed by atoms with Crippen LogP contribution in [0.25, 0.3) is 0 Å². The number of hydrogen-bond donors (Lipinski definition) is 1. The van der Waals surface area contributed by atoms with Crippen molar-refractivity contribution in [2.24, 2.45) is 0 Å². The lowest BCUT2D eigenvalue weighted by atomic mass is 10.1. The highest BCUT2D eigenvalue weighted by atomic mass is 19.1. The minimum Gasteiger partial charge on any atom is -0.309 e. The Kier molecular flexibility index (Phi) is 3.56. The summed E-state index contributed by atoms with van der Waals surface area (Å²) in [7, 11) is 0. The summed E-state index contributed by atoms with van der Waals surface area (Å²) in [6.07, 6.45) is 2.88. The molecule has 0 bridgehead atoms. The number of aromatic nitrogens is 1. The molecule has 0 saturated carbocycles. The van der Waals surface area contributed by atoms with E-state index in [2.05, 4.69) is 10.3 Å². The van der Waals surface area contributed by atoms with Gasteiger partial charge in [-0.2, -0.15) is 0 Å². The Balaban J connectivity index is 1.81. The third-order valence-corrected chi connectivity index (χ3v) is 3.58. The van der Waals surface area contributed by atoms with E-state index < -0.39 is 0 Å². The molecule has 1 aliphatic rings. The molecule has 1 aliphatic heterocycles. The second kappa shape index (κ2) is 5.49. The zero-order valence-corrected chi connectivity index (χ0v) is 10.8. The van der Waals surface area contributed by atoms with Crippen LogP contribution in [0.3, 0.4) is 0 Å². The fourth-order valence-corrected chi connectivity index (χ4v) is 2.56. The molecular formula is C16H17FN2. The first-order valence-corrected chi connectivity index (χ1v) is 6.75. The number of nitrogens with one attached hydrogen (secondary N) is 1. The van der Waals surface area contributed by atoms with Gasteiger partial charge in [-0.1, -0.05) is 24.3 Å². The quantitative estimate of drug-likeness (QED) is 0.912. The monoisotopic (exact) mass is 256 g/mol. The Labute approximate surface area is 112 Å². The molecule has 0 spiro atoms. The zero-order chi connectivity index (χ0) is 13.1. The number of benzene rings is 1. The largest absolute Gasteiger partial charge is 0.309 e. The van der Waals surface area contributed by atoms with Crippen molar-refractivity contribution in [2.45, 2.75) is 25.3 Å². The fourth-order valence-electron chi connectivity index (χ4n) is 2.56. The molecule has 2 heterocycles. The van der Waals surface area contributed by atoms with Gasteiger partial charge in [0.25, 0.3) is 0 Å². The maximum Gasteiger partial charge on any atom is 0.126 e. The van der Waals surface area contributed by atoms with Gasteiger partial charge in [-0.25, -0.2) is 4.39 Å². The molecular weight excluding hydrogens is 239 g/mol. The molecule has 1 fully saturated rings. The third-order valence-electron chi connectivity index (χ3n) is 3.58. The number of hydrogen-bond acceptors (Lipinski definition) is 2. The van der Waals surface area contributed by atoms with Crippen molar-refractivity contribution in [1.29, 1.82) is 0 Å². The number of rotatable bonds is 3. The molecule has 0 radical (unpaired) electrons. The van der Waals surface area contributed by atoms with Crippen LogP contribution >= 0.6 is 0 Å². The molecule has 19 heavy (non-hydrogen) atoms. The summed E-state index contributed by atoms with van der Waals surface area (Å²) < 4.78 is 13.6. The first-order chi connectivity index (χ1) is 9.33. The lowest BCUT2D eigenvalue weighted by Gasteiger charge is -2.11. The average Bonchev–Trinajstić information content (AvgIpc) is 2.96. The molecule has 2 nitrogen and oxygen atoms in total. The predicted octanol–water partition coefficient (Wildman–Crippen LogP) is 3.24. The highest BCUT2D eigenvalue weighted by molar-refractivity contribution is 5.25. The van der Waals surface area contributed by atoms with E-state index in [9.17, 15) is 4.39 Å². The summed E-state index contributed by atoms with van der Waals surface area (Å²) in [5.41, 5.74) is 2.70. The van der Waals surface area contributed by atoms with Crippen molar-refractivity contribution in [3.05, 3.63) is 65.2 Å². The topological polar surface area (TPSA) is 24.9 Å². The number of pyridine rings is 1. The normalized spacial score (nSPS) is 18.7. The summed E-state index contributed by atoms with van der Waals surface area (Å²) in [6, 6.07) is 13.3. The van der Waals surface area contributed by atoms with E-state index in [0.29, 0.717) is 18.0 Å². The van der Waals surface area contributed by atoms with E-state index in [-0.39, 0.29) is 5.82 Å². The summed E-state index contributed by atoms with van der Waals surface area (Å²) in [5.74, 6) is -0.159. The van der Waals surface area contributed by atoms with Gasteiger partial charge < -0.3 is 5.32 Å². The molecule has 3 rings (SSSR count). The van der Waals surface area contributed by atoms with Crippen molar-refractivity contribution >= 4 is 0 Å². The van der Waals surface area contributed by atoms with Crippen LogP contribution in [-0.4, -0.2) is 11.5 Å². The molecule has 98 valence electrons. The number of halogens is 1. The fraction of sp³-hybridized carbons (Fsp3) is 0.312. The van der Waals surface area contributed by atoms with Gasteiger partial charge in [0.1, 0.15) is 5.82 Å². The minimum atomic E-state index is -0.159. The van der Waals surface area contributed by atoms with Crippen molar-refractivity contribution in [2.75, 3.05) is 6.54 Å². The highest BCUT2D eigenvalue weighted by Gasteiger charge is 2.17. The summed E-state index contributed by atoms with van der Waals surface area (Å²) in [4.78, 5) is 4.66. The van der Waals surface area contributed by atoms with Gasteiger partial charge in [-0.05, 0) is 43.1 Å². The molecule has 1 N–H and O–H groups in total. The smallest absolute Gasteiger partial charge is 0.126 e. The summed E-state index contributed by atoms with van der Waals surface area (Å²) in [5, 5.41) is 3.44. The highest BCUT2D eigenvalue weighted by Crippen LogP contribution is 2.22. The molecule has 1 aromatic heterocycles. The maximum atomic E-state index is 13.6. The second-order valence-electron chi connectivity index (χ2n) is 4.97. The van der Waals surface area contributed by atoms with Crippen molar-refractivity contribution < 1.29 is 4.39 Å². The molecule has 2 aromatic rings. The Bertz CT molecular complexity index is 562. The Hall–Kier alpha value is -1.74. The van der Waals surface area contributed by atoms with Crippen LogP contribution in [0.4, 0.5) is 4.39 Å². The number of nitrogens with zero attached hydrogens (tertiary/aromatic N) is 1. The van der Waals surface area contributed by atoms with Crippen molar-refractivity contribution in [3.63, 3.8) is 0 Å². The molecule has 0 unspecified atom stereocenters.